The molecule has 7 nitrogen and oxygen atoms in total. The second kappa shape index (κ2) is 5.25. The third-order valence-corrected chi connectivity index (χ3v) is 4.49. The number of benzene rings is 1. The molecule has 1 heterocycles. The Balaban J connectivity index is 2.55. The maximum Gasteiger partial charge on any atom is 0.348 e. The van der Waals surface area contributed by atoms with Crippen molar-refractivity contribution in [3.8, 4) is 11.5 Å². The highest BCUT2D eigenvalue weighted by atomic mass is 35.5. The Morgan fingerprint density at radius 1 is 1.21 bits per heavy atom. The highest BCUT2D eigenvalue weighted by molar-refractivity contribution is 6.34. The van der Waals surface area contributed by atoms with Gasteiger partial charge in [0.2, 0.25) is 0 Å². The van der Waals surface area contributed by atoms with Crippen LogP contribution in [-0.4, -0.2) is 30.2 Å². The molecule has 0 saturated carbocycles. The Labute approximate surface area is 140 Å². The lowest BCUT2D eigenvalue weighted by molar-refractivity contribution is 0.0725. The van der Waals surface area contributed by atoms with Gasteiger partial charge < -0.3 is 24.1 Å². The number of methoxy groups -OCH3 is 2. The summed E-state index contributed by atoms with van der Waals surface area (Å²) in [5.41, 5.74) is -2.84. The second-order valence-corrected chi connectivity index (χ2v) is 5.79. The SMILES string of the molecule is C[13C]1(O)C(Cl)=[13C](O[13CH3])C(=O)[13c]2o[13c](=O)c3c(c[13c](O[13CH3])c[13c]3O)c21. The summed E-state index contributed by atoms with van der Waals surface area (Å²) in [5.74, 6) is -1.66. The number of phenolic OH excluding ortho intramolecular Hbond substituents is 1. The van der Waals surface area contributed by atoms with Gasteiger partial charge in [-0.25, -0.2) is 4.79 Å². The van der Waals surface area contributed by atoms with Crippen molar-refractivity contribution in [3.63, 3.8) is 0 Å². The number of rotatable bonds is 2. The van der Waals surface area contributed by atoms with Gasteiger partial charge in [0.15, 0.2) is 11.5 Å². The van der Waals surface area contributed by atoms with Crippen molar-refractivity contribution >= 4 is 28.2 Å². The fourth-order valence-electron chi connectivity index (χ4n) is 2.81. The van der Waals surface area contributed by atoms with E-state index in [-0.39, 0.29) is 32.9 Å². The third-order valence-electron chi connectivity index (χ3n) is 3.95. The van der Waals surface area contributed by atoms with Gasteiger partial charge in [-0.3, -0.25) is 4.79 Å². The molecule has 0 spiro atoms. The minimum atomic E-state index is -1.87. The molecule has 8 heteroatoms. The summed E-state index contributed by atoms with van der Waals surface area (Å²) in [5, 5.41) is 20.6. The number of ketones is 1. The lowest BCUT2D eigenvalue weighted by atomic mass is 10.2. The fourth-order valence-corrected chi connectivity index (χ4v) is 3.06. The molecule has 1 aliphatic carbocycles. The molecule has 0 radical (unpaired) electrons. The van der Waals surface area contributed by atoms with Gasteiger partial charge in [0.05, 0.1) is 14.2 Å². The van der Waals surface area contributed by atoms with Gasteiger partial charge in [-0.15, -0.1) is 0 Å². The zero-order valence-corrected chi connectivity index (χ0v) is 13.7. The van der Waals surface area contributed by atoms with Gasteiger partial charge in [0.1, 0.15) is 27.5 Å². The predicted molar refractivity (Wildman–Crippen MR) is 84.5 cm³/mol. The van der Waals surface area contributed by atoms with Crippen LogP contribution in [0.1, 0.15) is 23.0 Å². The summed E-state index contributed by atoms with van der Waals surface area (Å²) in [6.45, 7) is 1.33. The van der Waals surface area contributed by atoms with Crippen LogP contribution in [0.3, 0.4) is 0 Å². The van der Waals surface area contributed by atoms with Crippen molar-refractivity contribution < 1.29 is 28.9 Å². The van der Waals surface area contributed by atoms with E-state index in [0.29, 0.717) is 0 Å². The van der Waals surface area contributed by atoms with Gasteiger partial charge >= 0.3 is 5.63 Å². The van der Waals surface area contributed by atoms with Gasteiger partial charge in [0, 0.05) is 17.0 Å². The average molecular weight is 361 g/mol. The van der Waals surface area contributed by atoms with Crippen LogP contribution in [0.4, 0.5) is 0 Å². The summed E-state index contributed by atoms with van der Waals surface area (Å²) in [6, 6.07) is 2.64. The molecule has 0 fully saturated rings. The molecular formula is C16H13ClO7. The zero-order chi connectivity index (χ0) is 17.8. The Hall–Kier alpha value is -2.51. The molecule has 2 N–H and O–H groups in total. The molecule has 24 heavy (non-hydrogen) atoms. The van der Waals surface area contributed by atoms with Crippen LogP contribution in [0.5, 0.6) is 11.5 Å². The van der Waals surface area contributed by atoms with E-state index in [9.17, 15) is 19.8 Å². The first-order valence-electron chi connectivity index (χ1n) is 6.83. The summed E-state index contributed by atoms with van der Waals surface area (Å²) in [6.07, 6.45) is 0. The lowest BCUT2D eigenvalue weighted by Crippen LogP contribution is -2.33. The Morgan fingerprint density at radius 2 is 1.88 bits per heavy atom. The molecule has 126 valence electrons. The standard InChI is InChI=1S/C16H13ClO7/c1-16(21)10-7-4-6(22-2)5-8(18)9(7)15(20)24-12(10)11(19)13(23-3)14(16)17/h4-5,18,21H,1-3H3/i2+1,3+1,6+1,8+1,12+1,13+1,15+1,16+1. The van der Waals surface area contributed by atoms with E-state index in [2.05, 4.69) is 0 Å². The highest BCUT2D eigenvalue weighted by Gasteiger charge is 2.45. The van der Waals surface area contributed by atoms with Crippen LogP contribution in [0.2, 0.25) is 0 Å². The van der Waals surface area contributed by atoms with Crippen LogP contribution >= 0.6 is 11.6 Å². The van der Waals surface area contributed by atoms with E-state index in [1.54, 1.807) is 0 Å². The first-order chi connectivity index (χ1) is 11.2. The monoisotopic (exact) mass is 360 g/mol. The van der Waals surface area contributed by atoms with Crippen LogP contribution in [0.15, 0.2) is 32.1 Å². The van der Waals surface area contributed by atoms with Gasteiger partial charge in [-0.1, -0.05) is 11.6 Å². The van der Waals surface area contributed by atoms with E-state index < -0.39 is 28.5 Å². The number of carbonyl (C=O) groups is 1. The highest BCUT2D eigenvalue weighted by Crippen LogP contribution is 2.45. The van der Waals surface area contributed by atoms with Gasteiger partial charge in [-0.05, 0) is 13.0 Å². The molecule has 1 unspecified atom stereocenters. The smallest absolute Gasteiger partial charge is 0.348 e. The zero-order valence-electron chi connectivity index (χ0n) is 13.0. The van der Waals surface area contributed by atoms with Crippen LogP contribution in [-0.2, 0) is 10.3 Å². The minimum absolute atomic E-state index is 0.0397. The molecule has 1 aromatic carbocycles. The number of Topliss-reactive ketones (excluding diaryl/α,β-unsaturated/α-hetero) is 1. The van der Waals surface area contributed by atoms with Crippen molar-refractivity contribution in [2.75, 3.05) is 14.2 Å². The van der Waals surface area contributed by atoms with Crippen molar-refractivity contribution in [2.24, 2.45) is 0 Å². The molecule has 3 rings (SSSR count). The molecule has 1 aliphatic rings. The molecule has 1 aromatic heterocycles. The quantitative estimate of drug-likeness (QED) is 0.789. The Morgan fingerprint density at radius 3 is 2.46 bits per heavy atom. The van der Waals surface area contributed by atoms with E-state index in [0.717, 1.165) is 0 Å². The van der Waals surface area contributed by atoms with Crippen LogP contribution in [0.25, 0.3) is 10.8 Å². The fraction of sp³-hybridized carbons (Fsp3) is 0.250. The molecule has 1 atom stereocenters. The summed E-state index contributed by atoms with van der Waals surface area (Å²) in [7, 11) is 2.59. The van der Waals surface area contributed by atoms with Gasteiger partial charge in [-0.2, -0.15) is 0 Å². The largest absolute Gasteiger partial charge is 0.507 e. The number of ether oxygens (including phenoxy) is 2. The van der Waals surface area contributed by atoms with E-state index in [1.165, 1.54) is 33.3 Å². The minimum Gasteiger partial charge on any atom is -0.507 e. The topological polar surface area (TPSA) is 106 Å². The maximum atomic E-state index is 12.5. The van der Waals surface area contributed by atoms with Crippen LogP contribution in [0, 0.1) is 0 Å². The van der Waals surface area contributed by atoms with E-state index in [1.807, 2.05) is 0 Å². The summed E-state index contributed by atoms with van der Waals surface area (Å²) in [4.78, 5) is 24.7. The van der Waals surface area contributed by atoms with Gasteiger partial charge in [0.25, 0.3) is 5.78 Å². The number of halogens is 1. The molecule has 0 bridgehead atoms. The number of phenols is 1. The number of hydrogen-bond donors (Lipinski definition) is 2. The molecular weight excluding hydrogens is 348 g/mol. The van der Waals surface area contributed by atoms with Crippen molar-refractivity contribution in [2.45, 2.75) is 12.5 Å². The normalized spacial score (nSPS) is 20.3. The number of allylic oxidation sites excluding steroid dienone is 1. The predicted octanol–water partition coefficient (Wildman–Crippen LogP) is 2.01. The number of fused-ring (bicyclic) bond motifs is 3. The lowest BCUT2D eigenvalue weighted by Gasteiger charge is -2.30. The average Bonchev–Trinajstić information content (AvgIpc) is 2.52. The first kappa shape index (κ1) is 16.4. The molecule has 2 aromatic rings. The molecule has 0 saturated heterocycles. The maximum absolute atomic E-state index is 12.5. The Bertz CT molecular complexity index is 969. The second-order valence-electron chi connectivity index (χ2n) is 5.41. The number of aliphatic hydroxyl groups is 1. The molecule has 0 amide bonds. The Kier molecular flexibility index (Phi) is 3.58. The van der Waals surface area contributed by atoms with Crippen molar-refractivity contribution in [3.05, 3.63) is 44.7 Å². The first-order valence-corrected chi connectivity index (χ1v) is 7.21. The van der Waals surface area contributed by atoms with Crippen molar-refractivity contribution in [1.29, 1.82) is 0 Å². The van der Waals surface area contributed by atoms with E-state index >= 15 is 0 Å². The summed E-state index contributed by atoms with van der Waals surface area (Å²) >= 11 is 6.12. The molecule has 0 aliphatic heterocycles. The van der Waals surface area contributed by atoms with Crippen LogP contribution < -0.4 is 10.4 Å². The number of carbonyl (C=O) groups excluding carboxylic acids is 1. The number of hydrogen-bond acceptors (Lipinski definition) is 7. The number of aromatic hydroxyl groups is 1. The van der Waals surface area contributed by atoms with Crippen molar-refractivity contribution in [1.82, 2.24) is 0 Å². The van der Waals surface area contributed by atoms with E-state index in [4.69, 9.17) is 25.5 Å². The third kappa shape index (κ3) is 2.02. The summed E-state index contributed by atoms with van der Waals surface area (Å²) < 4.78 is 15.1.